The number of nitro groups is 1. The van der Waals surface area contributed by atoms with Crippen molar-refractivity contribution in [1.82, 2.24) is 4.90 Å². The van der Waals surface area contributed by atoms with E-state index in [-0.39, 0.29) is 74.7 Å². The monoisotopic (exact) mass is 913 g/mol. The first-order valence-electron chi connectivity index (χ1n) is 23.7. The maximum absolute atomic E-state index is 13.4. The van der Waals surface area contributed by atoms with Crippen molar-refractivity contribution in [3.8, 4) is 5.75 Å². The fraction of sp³-hybridized carbons (Fsp3) is 0.787. The molecule has 0 aliphatic carbocycles. The molecule has 0 heterocycles. The molecule has 0 spiro atoms. The zero-order chi connectivity index (χ0) is 45.5. The van der Waals surface area contributed by atoms with Crippen molar-refractivity contribution in [3.63, 3.8) is 0 Å². The molecule has 0 radical (unpaired) electrons. The molecule has 0 aliphatic heterocycles. The van der Waals surface area contributed by atoms with E-state index in [9.17, 15) is 29.3 Å². The summed E-state index contributed by atoms with van der Waals surface area (Å²) < 4.78 is 27.3. The molecule has 0 bridgehead atoms. The van der Waals surface area contributed by atoms with Crippen LogP contribution in [0.15, 0.2) is 24.3 Å². The summed E-state index contributed by atoms with van der Waals surface area (Å²) in [6.45, 7) is 9.23. The van der Waals surface area contributed by atoms with E-state index in [4.69, 9.17) is 23.7 Å². The number of nitrogens with zero attached hydrogens (tertiary/aromatic N) is 2. The quantitative estimate of drug-likeness (QED) is 0.0116. The average molecular weight is 913 g/mol. The van der Waals surface area contributed by atoms with Crippen molar-refractivity contribution in [1.29, 1.82) is 0 Å². The molecule has 1 aromatic carbocycles. The van der Waals surface area contributed by atoms with Gasteiger partial charge in [0.1, 0.15) is 32.2 Å². The van der Waals surface area contributed by atoms with E-state index in [2.05, 4.69) is 27.7 Å². The zero-order valence-electron chi connectivity index (χ0n) is 38.6. The van der Waals surface area contributed by atoms with Gasteiger partial charge in [-0.05, 0) is 37.8 Å². The predicted molar refractivity (Wildman–Crippen MR) is 251 cm³/mol. The maximum Gasteiger partial charge on any atom is 0.513 e. The number of hydrogen-bond acceptors (Lipinski definition) is 13. The fourth-order valence-electron chi connectivity index (χ4n) is 6.90. The Morgan fingerprint density at radius 2 is 0.935 bits per heavy atom. The summed E-state index contributed by atoms with van der Waals surface area (Å²) in [5.74, 6) is 0.319. The van der Waals surface area contributed by atoms with Gasteiger partial charge in [0.2, 0.25) is 0 Å². The summed E-state index contributed by atoms with van der Waals surface area (Å²) in [7, 11) is 2.87. The highest BCUT2D eigenvalue weighted by atomic mass is 33.1. The second-order valence-corrected chi connectivity index (χ2v) is 18.6. The lowest BCUT2D eigenvalue weighted by molar-refractivity contribution is -0.384. The van der Waals surface area contributed by atoms with Crippen LogP contribution in [-0.2, 0) is 28.5 Å². The molecule has 1 aromatic rings. The van der Waals surface area contributed by atoms with Gasteiger partial charge in [-0.1, -0.05) is 171 Å². The lowest BCUT2D eigenvalue weighted by atomic mass is 9.94. The van der Waals surface area contributed by atoms with E-state index < -0.39 is 17.2 Å². The molecule has 62 heavy (non-hydrogen) atoms. The molecule has 13 nitrogen and oxygen atoms in total. The number of non-ortho nitro benzene ring substituents is 1. The maximum atomic E-state index is 13.4. The Morgan fingerprint density at radius 3 is 1.35 bits per heavy atom. The normalized spacial score (nSPS) is 12.0. The third kappa shape index (κ3) is 30.0. The molecule has 0 aromatic heterocycles. The zero-order valence-corrected chi connectivity index (χ0v) is 40.2. The number of ether oxygens (including phenoxy) is 5. The van der Waals surface area contributed by atoms with Crippen LogP contribution in [0.25, 0.3) is 0 Å². The second-order valence-electron chi connectivity index (χ2n) is 15.9. The minimum atomic E-state index is -0.917. The highest BCUT2D eigenvalue weighted by Crippen LogP contribution is 2.24. The number of nitro benzene ring substituents is 1. The molecule has 15 heteroatoms. The summed E-state index contributed by atoms with van der Waals surface area (Å²) in [5.41, 5.74) is -0.116. The predicted octanol–water partition coefficient (Wildman–Crippen LogP) is 13.3. The number of carbonyl (C=O) groups is 4. The number of amides is 1. The van der Waals surface area contributed by atoms with Crippen LogP contribution < -0.4 is 4.74 Å². The SMILES string of the molecule is CCCCCCCCC(CCCCCC)C(=O)OCCN(CCOC(=O)C(CCCCCC)CCCCCCC)C(=O)OCCSSCCOC(=O)Oc1ccc([N+](=O)[O-])cc1. The number of unbranched alkanes of at least 4 members (excludes halogenated alkanes) is 15. The van der Waals surface area contributed by atoms with Gasteiger partial charge in [0, 0.05) is 23.6 Å². The van der Waals surface area contributed by atoms with Gasteiger partial charge in [0.25, 0.3) is 5.69 Å². The van der Waals surface area contributed by atoms with Crippen LogP contribution in [0.4, 0.5) is 15.3 Å². The number of benzene rings is 1. The summed E-state index contributed by atoms with van der Waals surface area (Å²) in [4.78, 5) is 63.7. The van der Waals surface area contributed by atoms with Gasteiger partial charge in [-0.2, -0.15) is 0 Å². The minimum absolute atomic E-state index is 0.0263. The standard InChI is InChI=1S/C47H80N2O11S2/c1-5-9-13-17-19-23-27-41(25-21-16-12-8-4)45(51)57-35-33-48(32-34-56-44(50)40(24-20-15-11-7-3)26-22-18-14-10-6-2)46(52)58-36-38-61-62-39-37-59-47(53)60-43-30-28-42(29-31-43)49(54)55/h28-31,40-41H,5-27,32-39H2,1-4H3. The van der Waals surface area contributed by atoms with Crippen LogP contribution in [-0.4, -0.2) is 85.0 Å². The third-order valence-corrected chi connectivity index (χ3v) is 13.0. The Morgan fingerprint density at radius 1 is 0.548 bits per heavy atom. The number of carbonyl (C=O) groups excluding carboxylic acids is 4. The molecular formula is C47H80N2O11S2. The second kappa shape index (κ2) is 39.4. The first-order chi connectivity index (χ1) is 30.2. The Balaban J connectivity index is 2.74. The molecule has 2 atom stereocenters. The van der Waals surface area contributed by atoms with Crippen LogP contribution in [0.3, 0.4) is 0 Å². The first-order valence-corrected chi connectivity index (χ1v) is 26.2. The smallest absolute Gasteiger partial charge is 0.464 e. The van der Waals surface area contributed by atoms with Gasteiger partial charge in [-0.15, -0.1) is 0 Å². The minimum Gasteiger partial charge on any atom is -0.464 e. The molecule has 356 valence electrons. The van der Waals surface area contributed by atoms with Gasteiger partial charge in [-0.25, -0.2) is 9.59 Å². The average Bonchev–Trinajstić information content (AvgIpc) is 3.26. The van der Waals surface area contributed by atoms with Crippen molar-refractivity contribution in [3.05, 3.63) is 34.4 Å². The lowest BCUT2D eigenvalue weighted by Crippen LogP contribution is -2.38. The van der Waals surface area contributed by atoms with Crippen molar-refractivity contribution >= 4 is 51.5 Å². The third-order valence-electron chi connectivity index (χ3n) is 10.6. The molecule has 0 saturated heterocycles. The topological polar surface area (TPSA) is 161 Å². The van der Waals surface area contributed by atoms with Crippen molar-refractivity contribution in [2.75, 3.05) is 51.0 Å². The molecule has 1 amide bonds. The Kier molecular flexibility index (Phi) is 36.1. The van der Waals surface area contributed by atoms with E-state index in [1.807, 2.05) is 0 Å². The molecule has 0 N–H and O–H groups in total. The lowest BCUT2D eigenvalue weighted by Gasteiger charge is -2.23. The molecular weight excluding hydrogens is 833 g/mol. The Labute approximate surface area is 381 Å². The number of hydrogen-bond donors (Lipinski definition) is 0. The molecule has 0 fully saturated rings. The number of rotatable bonds is 40. The molecule has 2 unspecified atom stereocenters. The van der Waals surface area contributed by atoms with E-state index in [1.54, 1.807) is 0 Å². The van der Waals surface area contributed by atoms with Crippen LogP contribution in [0.5, 0.6) is 5.75 Å². The van der Waals surface area contributed by atoms with E-state index in [1.165, 1.54) is 95.7 Å². The Bertz CT molecular complexity index is 1320. The largest absolute Gasteiger partial charge is 0.513 e. The fourth-order valence-corrected chi connectivity index (χ4v) is 8.55. The van der Waals surface area contributed by atoms with E-state index in [0.29, 0.717) is 11.5 Å². The van der Waals surface area contributed by atoms with Crippen LogP contribution in [0.2, 0.25) is 0 Å². The first kappa shape index (κ1) is 56.8. The van der Waals surface area contributed by atoms with Gasteiger partial charge in [0.15, 0.2) is 0 Å². The number of esters is 2. The van der Waals surface area contributed by atoms with Gasteiger partial charge in [0.05, 0.1) is 29.8 Å². The van der Waals surface area contributed by atoms with Crippen molar-refractivity contribution in [2.24, 2.45) is 11.8 Å². The molecule has 0 aliphatic rings. The summed E-state index contributed by atoms with van der Waals surface area (Å²) in [5, 5.41) is 10.8. The summed E-state index contributed by atoms with van der Waals surface area (Å²) in [6.07, 6.45) is 23.1. The van der Waals surface area contributed by atoms with Crippen molar-refractivity contribution < 1.29 is 47.8 Å². The Hall–Kier alpha value is -3.20. The van der Waals surface area contributed by atoms with E-state index >= 15 is 0 Å². The van der Waals surface area contributed by atoms with Crippen LogP contribution >= 0.6 is 21.6 Å². The van der Waals surface area contributed by atoms with E-state index in [0.717, 1.165) is 103 Å². The van der Waals surface area contributed by atoms with Crippen LogP contribution in [0.1, 0.15) is 175 Å². The molecule has 1 rings (SSSR count). The van der Waals surface area contributed by atoms with Gasteiger partial charge in [-0.3, -0.25) is 19.7 Å². The highest BCUT2D eigenvalue weighted by Gasteiger charge is 2.23. The van der Waals surface area contributed by atoms with Crippen LogP contribution in [0, 0.1) is 22.0 Å². The highest BCUT2D eigenvalue weighted by molar-refractivity contribution is 8.76. The van der Waals surface area contributed by atoms with Gasteiger partial charge < -0.3 is 28.6 Å². The summed E-state index contributed by atoms with van der Waals surface area (Å²) >= 11 is 0. The van der Waals surface area contributed by atoms with Crippen molar-refractivity contribution in [2.45, 2.75) is 175 Å². The summed E-state index contributed by atoms with van der Waals surface area (Å²) in [6, 6.07) is 5.10. The molecule has 0 saturated carbocycles. The van der Waals surface area contributed by atoms with Gasteiger partial charge >= 0.3 is 24.2 Å².